The van der Waals surface area contributed by atoms with Gasteiger partial charge < -0.3 is 9.47 Å². The first kappa shape index (κ1) is 18.3. The second-order valence-corrected chi connectivity index (χ2v) is 4.79. The number of benzene rings is 1. The topological polar surface area (TPSA) is 77.7 Å². The summed E-state index contributed by atoms with van der Waals surface area (Å²) in [6.07, 6.45) is -2.06. The van der Waals surface area contributed by atoms with Gasteiger partial charge in [-0.2, -0.15) is 23.4 Å². The predicted molar refractivity (Wildman–Crippen MR) is 82.5 cm³/mol. The Morgan fingerprint density at radius 2 is 2.04 bits per heavy atom. The zero-order chi connectivity index (χ0) is 18.3. The van der Waals surface area contributed by atoms with Crippen molar-refractivity contribution < 1.29 is 27.4 Å². The van der Waals surface area contributed by atoms with Crippen LogP contribution in [-0.2, 0) is 11.3 Å². The number of alkyl halides is 3. The highest BCUT2D eigenvalue weighted by atomic mass is 19.4. The molecule has 134 valence electrons. The van der Waals surface area contributed by atoms with E-state index in [2.05, 4.69) is 15.6 Å². The van der Waals surface area contributed by atoms with E-state index < -0.39 is 18.6 Å². The molecule has 1 heterocycles. The Bertz CT molecular complexity index is 744. The standard InChI is InChI=1S/C15H15F3N4O3/c1-24-12-4-2-3-5-13(12)25-9-14(23)20-19-8-11-6-7-22(21-11)10-15(16,17)18/h2-8H,9-10H2,1H3,(H,20,23). The van der Waals surface area contributed by atoms with Crippen LogP contribution < -0.4 is 14.9 Å². The number of halogens is 3. The van der Waals surface area contributed by atoms with Gasteiger partial charge in [0.1, 0.15) is 12.2 Å². The van der Waals surface area contributed by atoms with Gasteiger partial charge in [0, 0.05) is 6.20 Å². The van der Waals surface area contributed by atoms with Gasteiger partial charge in [0.05, 0.1) is 13.3 Å². The van der Waals surface area contributed by atoms with Gasteiger partial charge in [-0.05, 0) is 18.2 Å². The highest BCUT2D eigenvalue weighted by Crippen LogP contribution is 2.25. The SMILES string of the molecule is COc1ccccc1OCC(=O)NN=Cc1ccn(CC(F)(F)F)n1. The number of hydrogen-bond acceptors (Lipinski definition) is 5. The van der Waals surface area contributed by atoms with Crippen molar-refractivity contribution in [1.82, 2.24) is 15.2 Å². The van der Waals surface area contributed by atoms with Gasteiger partial charge in [-0.15, -0.1) is 0 Å². The van der Waals surface area contributed by atoms with E-state index in [1.165, 1.54) is 19.4 Å². The maximum absolute atomic E-state index is 12.2. The summed E-state index contributed by atoms with van der Waals surface area (Å²) < 4.78 is 47.7. The van der Waals surface area contributed by atoms with E-state index in [1.807, 2.05) is 0 Å². The minimum absolute atomic E-state index is 0.176. The molecule has 0 atom stereocenters. The molecule has 0 saturated heterocycles. The summed E-state index contributed by atoms with van der Waals surface area (Å²) >= 11 is 0. The normalized spacial score (nSPS) is 11.5. The molecular formula is C15H15F3N4O3. The van der Waals surface area contributed by atoms with Crippen LogP contribution in [0.1, 0.15) is 5.69 Å². The number of nitrogens with zero attached hydrogens (tertiary/aromatic N) is 3. The lowest BCUT2D eigenvalue weighted by molar-refractivity contribution is -0.142. The molecule has 0 fully saturated rings. The van der Waals surface area contributed by atoms with Crippen LogP contribution in [0.4, 0.5) is 13.2 Å². The molecule has 0 bridgehead atoms. The fourth-order valence-corrected chi connectivity index (χ4v) is 1.80. The highest BCUT2D eigenvalue weighted by molar-refractivity contribution is 5.81. The van der Waals surface area contributed by atoms with E-state index in [-0.39, 0.29) is 12.3 Å². The van der Waals surface area contributed by atoms with Gasteiger partial charge in [0.15, 0.2) is 18.1 Å². The third-order valence-electron chi connectivity index (χ3n) is 2.82. The lowest BCUT2D eigenvalue weighted by Crippen LogP contribution is -2.24. The minimum atomic E-state index is -4.36. The Hall–Kier alpha value is -3.04. The number of amides is 1. The summed E-state index contributed by atoms with van der Waals surface area (Å²) in [6, 6.07) is 8.15. The molecule has 0 spiro atoms. The molecule has 0 saturated carbocycles. The molecule has 2 aromatic rings. The molecule has 1 amide bonds. The number of ether oxygens (including phenoxy) is 2. The molecule has 0 radical (unpaired) electrons. The summed E-state index contributed by atoms with van der Waals surface area (Å²) in [6.45, 7) is -1.50. The van der Waals surface area contributed by atoms with Gasteiger partial charge in [-0.3, -0.25) is 9.48 Å². The predicted octanol–water partition coefficient (Wildman–Crippen LogP) is 1.98. The van der Waals surface area contributed by atoms with Gasteiger partial charge in [-0.1, -0.05) is 12.1 Å². The van der Waals surface area contributed by atoms with Crippen molar-refractivity contribution in [2.45, 2.75) is 12.7 Å². The van der Waals surface area contributed by atoms with E-state index in [9.17, 15) is 18.0 Å². The number of methoxy groups -OCH3 is 1. The lowest BCUT2D eigenvalue weighted by Gasteiger charge is -2.08. The van der Waals surface area contributed by atoms with E-state index in [0.29, 0.717) is 11.5 Å². The van der Waals surface area contributed by atoms with E-state index in [1.54, 1.807) is 24.3 Å². The number of hydrazone groups is 1. The fraction of sp³-hybridized carbons (Fsp3) is 0.267. The Labute approximate surface area is 141 Å². The minimum Gasteiger partial charge on any atom is -0.493 e. The molecule has 10 heteroatoms. The summed E-state index contributed by atoms with van der Waals surface area (Å²) in [7, 11) is 1.48. The first-order valence-electron chi connectivity index (χ1n) is 7.05. The van der Waals surface area contributed by atoms with Crippen LogP contribution in [0.5, 0.6) is 11.5 Å². The first-order chi connectivity index (χ1) is 11.9. The van der Waals surface area contributed by atoms with Gasteiger partial charge in [-0.25, -0.2) is 5.43 Å². The van der Waals surface area contributed by atoms with Crippen LogP contribution in [0.25, 0.3) is 0 Å². The Morgan fingerprint density at radius 1 is 1.32 bits per heavy atom. The number of carbonyl (C=O) groups is 1. The quantitative estimate of drug-likeness (QED) is 0.608. The van der Waals surface area contributed by atoms with Crippen LogP contribution in [-0.4, -0.2) is 41.8 Å². The second-order valence-electron chi connectivity index (χ2n) is 4.79. The van der Waals surface area contributed by atoms with Crippen molar-refractivity contribution in [1.29, 1.82) is 0 Å². The Morgan fingerprint density at radius 3 is 2.72 bits per heavy atom. The van der Waals surface area contributed by atoms with Crippen LogP contribution in [0, 0.1) is 0 Å². The molecular weight excluding hydrogens is 341 g/mol. The number of nitrogens with one attached hydrogen (secondary N) is 1. The van der Waals surface area contributed by atoms with Crippen LogP contribution in [0.2, 0.25) is 0 Å². The summed E-state index contributed by atoms with van der Waals surface area (Å²) in [5.41, 5.74) is 2.37. The fourth-order valence-electron chi connectivity index (χ4n) is 1.80. The molecule has 0 aliphatic carbocycles. The van der Waals surface area contributed by atoms with Crippen molar-refractivity contribution in [2.24, 2.45) is 5.10 Å². The Kier molecular flexibility index (Phi) is 5.98. The van der Waals surface area contributed by atoms with E-state index in [4.69, 9.17) is 9.47 Å². The average Bonchev–Trinajstić information content (AvgIpc) is 2.98. The Balaban J connectivity index is 1.80. The van der Waals surface area contributed by atoms with Crippen molar-refractivity contribution in [2.75, 3.05) is 13.7 Å². The summed E-state index contributed by atoms with van der Waals surface area (Å²) in [4.78, 5) is 11.6. The molecule has 0 aliphatic heterocycles. The number of rotatable bonds is 7. The molecule has 1 aromatic heterocycles. The van der Waals surface area contributed by atoms with Gasteiger partial charge >= 0.3 is 6.18 Å². The maximum atomic E-state index is 12.2. The van der Waals surface area contributed by atoms with E-state index >= 15 is 0 Å². The van der Waals surface area contributed by atoms with Crippen LogP contribution in [0.15, 0.2) is 41.6 Å². The third kappa shape index (κ3) is 6.16. The van der Waals surface area contributed by atoms with Crippen molar-refractivity contribution in [3.05, 3.63) is 42.2 Å². The van der Waals surface area contributed by atoms with Crippen molar-refractivity contribution in [3.63, 3.8) is 0 Å². The molecule has 7 nitrogen and oxygen atoms in total. The molecule has 0 aliphatic rings. The first-order valence-corrected chi connectivity index (χ1v) is 7.05. The highest BCUT2D eigenvalue weighted by Gasteiger charge is 2.28. The number of carbonyl (C=O) groups excluding carboxylic acids is 1. The van der Waals surface area contributed by atoms with Gasteiger partial charge in [0.2, 0.25) is 0 Å². The lowest BCUT2D eigenvalue weighted by atomic mass is 10.3. The number of para-hydroxylation sites is 2. The summed E-state index contributed by atoms with van der Waals surface area (Å²) in [5, 5.41) is 7.27. The maximum Gasteiger partial charge on any atom is 0.408 e. The van der Waals surface area contributed by atoms with Crippen molar-refractivity contribution in [3.8, 4) is 11.5 Å². The molecule has 0 unspecified atom stereocenters. The molecule has 2 rings (SSSR count). The average molecular weight is 356 g/mol. The third-order valence-corrected chi connectivity index (χ3v) is 2.82. The zero-order valence-electron chi connectivity index (χ0n) is 13.2. The monoisotopic (exact) mass is 356 g/mol. The second kappa shape index (κ2) is 8.18. The molecule has 25 heavy (non-hydrogen) atoms. The van der Waals surface area contributed by atoms with E-state index in [0.717, 1.165) is 10.9 Å². The smallest absolute Gasteiger partial charge is 0.408 e. The number of hydrogen-bond donors (Lipinski definition) is 1. The largest absolute Gasteiger partial charge is 0.493 e. The zero-order valence-corrected chi connectivity index (χ0v) is 13.2. The van der Waals surface area contributed by atoms with Crippen LogP contribution in [0.3, 0.4) is 0 Å². The molecule has 1 N–H and O–H groups in total. The van der Waals surface area contributed by atoms with Gasteiger partial charge in [0.25, 0.3) is 5.91 Å². The van der Waals surface area contributed by atoms with Crippen LogP contribution >= 0.6 is 0 Å². The van der Waals surface area contributed by atoms with Crippen molar-refractivity contribution >= 4 is 12.1 Å². The number of aromatic nitrogens is 2. The summed E-state index contributed by atoms with van der Waals surface area (Å²) in [5.74, 6) is 0.334. The molecule has 1 aromatic carbocycles.